The third kappa shape index (κ3) is 8.17. The Morgan fingerprint density at radius 1 is 1.00 bits per heavy atom. The van der Waals surface area contributed by atoms with E-state index in [1.807, 2.05) is 66.0 Å². The lowest BCUT2D eigenvalue weighted by atomic mass is 10.1. The number of hydrazone groups is 1. The summed E-state index contributed by atoms with van der Waals surface area (Å²) < 4.78 is 5.76. The molecule has 0 fully saturated rings. The number of hydrogen-bond donors (Lipinski definition) is 2. The fourth-order valence-electron chi connectivity index (χ4n) is 3.51. The number of hydrogen-bond acceptors (Lipinski definition) is 6. The van der Waals surface area contributed by atoms with Crippen LogP contribution in [-0.2, 0) is 0 Å². The van der Waals surface area contributed by atoms with E-state index < -0.39 is 0 Å². The first kappa shape index (κ1) is 26.4. The lowest BCUT2D eigenvalue weighted by Crippen LogP contribution is -2.17. The van der Waals surface area contributed by atoms with Gasteiger partial charge < -0.3 is 10.1 Å². The standard InChI is InChI=1S/C29H29ClN4O2S/c1-2-3-4-5-18-36-26-16-6-21(7-17-26)19-31-34-28(35)23-10-8-22(9-11-23)27-20-37-29(33-27)32-25-14-12-24(30)13-15-25/h6-17,19-20H,2-5,18H2,1H3,(H,32,33)(H,34,35)/b31-19-. The third-order valence-electron chi connectivity index (χ3n) is 5.57. The van der Waals surface area contributed by atoms with Crippen LogP contribution in [0.2, 0.25) is 5.02 Å². The summed E-state index contributed by atoms with van der Waals surface area (Å²) in [5.74, 6) is 0.559. The Bertz CT molecular complexity index is 1300. The summed E-state index contributed by atoms with van der Waals surface area (Å²) in [6.45, 7) is 2.92. The highest BCUT2D eigenvalue weighted by Crippen LogP contribution is 2.28. The molecule has 37 heavy (non-hydrogen) atoms. The van der Waals surface area contributed by atoms with E-state index in [1.165, 1.54) is 30.6 Å². The molecule has 1 aromatic heterocycles. The number of nitrogens with zero attached hydrogens (tertiary/aromatic N) is 2. The van der Waals surface area contributed by atoms with E-state index in [9.17, 15) is 4.79 Å². The molecule has 0 aliphatic heterocycles. The molecule has 0 bridgehead atoms. The van der Waals surface area contributed by atoms with Crippen molar-refractivity contribution in [3.05, 3.63) is 94.3 Å². The van der Waals surface area contributed by atoms with Gasteiger partial charge in [-0.1, -0.05) is 49.9 Å². The summed E-state index contributed by atoms with van der Waals surface area (Å²) in [6.07, 6.45) is 6.33. The molecule has 0 saturated heterocycles. The maximum Gasteiger partial charge on any atom is 0.271 e. The molecular formula is C29H29ClN4O2S. The molecule has 0 aliphatic rings. The second-order valence-electron chi connectivity index (χ2n) is 8.42. The predicted octanol–water partition coefficient (Wildman–Crippen LogP) is 7.93. The topological polar surface area (TPSA) is 75.6 Å². The van der Waals surface area contributed by atoms with Gasteiger partial charge in [-0.25, -0.2) is 10.4 Å². The van der Waals surface area contributed by atoms with Crippen LogP contribution in [0.5, 0.6) is 5.75 Å². The van der Waals surface area contributed by atoms with E-state index in [0.717, 1.165) is 46.4 Å². The number of carbonyl (C=O) groups excluding carboxylic acids is 1. The molecule has 0 aliphatic carbocycles. The number of unbranched alkanes of at least 4 members (excludes halogenated alkanes) is 3. The van der Waals surface area contributed by atoms with Crippen LogP contribution >= 0.6 is 22.9 Å². The van der Waals surface area contributed by atoms with Crippen LogP contribution in [0.25, 0.3) is 11.3 Å². The number of anilines is 2. The number of thiazole rings is 1. The fourth-order valence-corrected chi connectivity index (χ4v) is 4.38. The summed E-state index contributed by atoms with van der Waals surface area (Å²) in [6, 6.07) is 22.4. The minimum atomic E-state index is -0.279. The largest absolute Gasteiger partial charge is 0.494 e. The van der Waals surface area contributed by atoms with Gasteiger partial charge in [-0.05, 0) is 72.6 Å². The smallest absolute Gasteiger partial charge is 0.271 e. The first-order valence-electron chi connectivity index (χ1n) is 12.3. The van der Waals surface area contributed by atoms with Crippen molar-refractivity contribution in [3.63, 3.8) is 0 Å². The van der Waals surface area contributed by atoms with Crippen molar-refractivity contribution < 1.29 is 9.53 Å². The highest BCUT2D eigenvalue weighted by atomic mass is 35.5. The van der Waals surface area contributed by atoms with E-state index in [-0.39, 0.29) is 5.91 Å². The second-order valence-corrected chi connectivity index (χ2v) is 9.72. The van der Waals surface area contributed by atoms with Crippen LogP contribution in [-0.4, -0.2) is 23.7 Å². The number of amides is 1. The molecule has 0 spiro atoms. The minimum Gasteiger partial charge on any atom is -0.494 e. The van der Waals surface area contributed by atoms with Gasteiger partial charge in [0.1, 0.15) is 5.75 Å². The number of ether oxygens (including phenoxy) is 1. The predicted molar refractivity (Wildman–Crippen MR) is 153 cm³/mol. The van der Waals surface area contributed by atoms with Crippen LogP contribution in [0.1, 0.15) is 48.5 Å². The molecule has 1 heterocycles. The molecule has 1 amide bonds. The van der Waals surface area contributed by atoms with Crippen molar-refractivity contribution in [1.82, 2.24) is 10.4 Å². The molecule has 190 valence electrons. The SMILES string of the molecule is CCCCCCOc1ccc(/C=N\NC(=O)c2ccc(-c3csc(Nc4ccc(Cl)cc4)n3)cc2)cc1. The van der Waals surface area contributed by atoms with Crippen LogP contribution < -0.4 is 15.5 Å². The fraction of sp³-hybridized carbons (Fsp3) is 0.207. The van der Waals surface area contributed by atoms with Crippen molar-refractivity contribution in [2.75, 3.05) is 11.9 Å². The van der Waals surface area contributed by atoms with Crippen LogP contribution in [0.3, 0.4) is 0 Å². The number of nitrogens with one attached hydrogen (secondary N) is 2. The molecule has 0 saturated carbocycles. The average Bonchev–Trinajstić information content (AvgIpc) is 3.39. The molecule has 0 unspecified atom stereocenters. The number of benzene rings is 3. The maximum absolute atomic E-state index is 12.5. The summed E-state index contributed by atoms with van der Waals surface area (Å²) in [5, 5.41) is 10.8. The zero-order valence-corrected chi connectivity index (χ0v) is 22.2. The highest BCUT2D eigenvalue weighted by molar-refractivity contribution is 7.14. The molecule has 3 aromatic carbocycles. The van der Waals surface area contributed by atoms with E-state index in [4.69, 9.17) is 16.3 Å². The van der Waals surface area contributed by atoms with Gasteiger partial charge in [0.05, 0.1) is 18.5 Å². The van der Waals surface area contributed by atoms with E-state index in [2.05, 4.69) is 27.8 Å². The van der Waals surface area contributed by atoms with Gasteiger partial charge in [0, 0.05) is 27.2 Å². The Morgan fingerprint density at radius 2 is 1.76 bits per heavy atom. The molecule has 8 heteroatoms. The van der Waals surface area contributed by atoms with Crippen molar-refractivity contribution in [2.24, 2.45) is 5.10 Å². The molecular weight excluding hydrogens is 504 g/mol. The van der Waals surface area contributed by atoms with Gasteiger partial charge in [0.25, 0.3) is 5.91 Å². The first-order chi connectivity index (χ1) is 18.1. The van der Waals surface area contributed by atoms with Crippen LogP contribution in [0, 0.1) is 0 Å². The van der Waals surface area contributed by atoms with Gasteiger partial charge in [-0.15, -0.1) is 11.3 Å². The number of rotatable bonds is 12. The molecule has 4 rings (SSSR count). The lowest BCUT2D eigenvalue weighted by molar-refractivity contribution is 0.0955. The Hall–Kier alpha value is -3.68. The van der Waals surface area contributed by atoms with Gasteiger partial charge in [-0.2, -0.15) is 5.10 Å². The molecule has 0 atom stereocenters. The Labute approximate surface area is 226 Å². The number of aromatic nitrogens is 1. The Kier molecular flexibility index (Phi) is 9.68. The van der Waals surface area contributed by atoms with Crippen molar-refractivity contribution in [3.8, 4) is 17.0 Å². The van der Waals surface area contributed by atoms with E-state index >= 15 is 0 Å². The number of carbonyl (C=O) groups is 1. The van der Waals surface area contributed by atoms with E-state index in [0.29, 0.717) is 10.6 Å². The van der Waals surface area contributed by atoms with Gasteiger partial charge in [0.15, 0.2) is 5.13 Å². The van der Waals surface area contributed by atoms with Crippen molar-refractivity contribution in [1.29, 1.82) is 0 Å². The molecule has 4 aromatic rings. The summed E-state index contributed by atoms with van der Waals surface area (Å²) in [4.78, 5) is 17.1. The van der Waals surface area contributed by atoms with Gasteiger partial charge in [-0.3, -0.25) is 4.79 Å². The van der Waals surface area contributed by atoms with Crippen molar-refractivity contribution >= 4 is 45.9 Å². The summed E-state index contributed by atoms with van der Waals surface area (Å²) in [7, 11) is 0. The second kappa shape index (κ2) is 13.6. The minimum absolute atomic E-state index is 0.279. The quantitative estimate of drug-likeness (QED) is 0.110. The molecule has 0 radical (unpaired) electrons. The summed E-state index contributed by atoms with van der Waals surface area (Å²) in [5.41, 5.74) is 6.64. The van der Waals surface area contributed by atoms with Crippen molar-refractivity contribution in [2.45, 2.75) is 32.6 Å². The maximum atomic E-state index is 12.5. The first-order valence-corrected chi connectivity index (χ1v) is 13.5. The van der Waals surface area contributed by atoms with Crippen LogP contribution in [0.15, 0.2) is 83.3 Å². The normalized spacial score (nSPS) is 11.0. The molecule has 2 N–H and O–H groups in total. The van der Waals surface area contributed by atoms with Gasteiger partial charge >= 0.3 is 0 Å². The van der Waals surface area contributed by atoms with E-state index in [1.54, 1.807) is 18.3 Å². The Balaban J connectivity index is 1.26. The zero-order chi connectivity index (χ0) is 25.9. The number of halogens is 1. The third-order valence-corrected chi connectivity index (χ3v) is 6.58. The molecule has 6 nitrogen and oxygen atoms in total. The highest BCUT2D eigenvalue weighted by Gasteiger charge is 2.08. The lowest BCUT2D eigenvalue weighted by Gasteiger charge is -2.06. The van der Waals surface area contributed by atoms with Crippen LogP contribution in [0.4, 0.5) is 10.8 Å². The summed E-state index contributed by atoms with van der Waals surface area (Å²) >= 11 is 7.45. The average molecular weight is 533 g/mol. The van der Waals surface area contributed by atoms with Gasteiger partial charge in [0.2, 0.25) is 0 Å². The Morgan fingerprint density at radius 3 is 2.49 bits per heavy atom. The zero-order valence-electron chi connectivity index (χ0n) is 20.6. The monoisotopic (exact) mass is 532 g/mol.